The molecular weight excluding hydrogens is 290 g/mol. The summed E-state index contributed by atoms with van der Waals surface area (Å²) in [4.78, 5) is 18.8. The predicted octanol–water partition coefficient (Wildman–Crippen LogP) is 3.66. The lowest BCUT2D eigenvalue weighted by Crippen LogP contribution is -1.85. The Labute approximate surface area is 123 Å². The fraction of sp³-hybridized carbons (Fsp3) is 0. The highest BCUT2D eigenvalue weighted by Gasteiger charge is 2.09. The molecule has 0 aliphatic rings. The summed E-state index contributed by atoms with van der Waals surface area (Å²) in [5.74, 6) is 0.137. The number of phenolic OH excluding ortho intramolecular Hbond substituents is 1. The minimum absolute atomic E-state index is 0.0300. The van der Waals surface area contributed by atoms with Gasteiger partial charge in [0.1, 0.15) is 5.75 Å². The summed E-state index contributed by atoms with van der Waals surface area (Å²) >= 11 is 1.26. The van der Waals surface area contributed by atoms with Crippen LogP contribution in [0.25, 0.3) is 10.2 Å². The zero-order valence-corrected chi connectivity index (χ0v) is 11.4. The van der Waals surface area contributed by atoms with Crippen LogP contribution in [0.2, 0.25) is 0 Å². The fourth-order valence-corrected chi connectivity index (χ4v) is 2.64. The third-order valence-corrected chi connectivity index (χ3v) is 3.75. The Morgan fingerprint density at radius 3 is 2.86 bits per heavy atom. The van der Waals surface area contributed by atoms with Crippen LogP contribution in [-0.4, -0.2) is 21.2 Å². The molecule has 0 bridgehead atoms. The number of nitro benzene ring substituents is 1. The molecule has 3 rings (SSSR count). The quantitative estimate of drug-likeness (QED) is 0.454. The van der Waals surface area contributed by atoms with E-state index in [0.29, 0.717) is 20.9 Å². The number of nitrogens with zero attached hydrogens (tertiary/aromatic N) is 3. The lowest BCUT2D eigenvalue weighted by atomic mass is 10.2. The summed E-state index contributed by atoms with van der Waals surface area (Å²) in [6.45, 7) is 0. The van der Waals surface area contributed by atoms with Gasteiger partial charge in [0.2, 0.25) is 5.13 Å². The first-order valence-electron chi connectivity index (χ1n) is 6.00. The second kappa shape index (κ2) is 5.29. The van der Waals surface area contributed by atoms with Crippen LogP contribution in [-0.2, 0) is 0 Å². The maximum atomic E-state index is 10.7. The summed E-state index contributed by atoms with van der Waals surface area (Å²) in [6.07, 6.45) is 1.52. The van der Waals surface area contributed by atoms with Crippen molar-refractivity contribution in [2.45, 2.75) is 0 Å². The third kappa shape index (κ3) is 2.72. The molecule has 0 saturated heterocycles. The summed E-state index contributed by atoms with van der Waals surface area (Å²) in [5.41, 5.74) is 1.28. The molecule has 1 aromatic heterocycles. The molecule has 0 saturated carbocycles. The van der Waals surface area contributed by atoms with E-state index >= 15 is 0 Å². The Morgan fingerprint density at radius 2 is 2.10 bits per heavy atom. The second-order valence-electron chi connectivity index (χ2n) is 4.22. The molecule has 1 heterocycles. The highest BCUT2D eigenvalue weighted by Crippen LogP contribution is 2.30. The van der Waals surface area contributed by atoms with Gasteiger partial charge in [-0.2, -0.15) is 0 Å². The second-order valence-corrected chi connectivity index (χ2v) is 5.23. The van der Waals surface area contributed by atoms with Gasteiger partial charge in [0.05, 0.1) is 15.1 Å². The average molecular weight is 299 g/mol. The number of hydrogen-bond donors (Lipinski definition) is 1. The molecule has 7 heteroatoms. The number of aromatic nitrogens is 1. The van der Waals surface area contributed by atoms with Crippen molar-refractivity contribution >= 4 is 38.6 Å². The third-order valence-electron chi connectivity index (χ3n) is 2.82. The molecule has 0 spiro atoms. The van der Waals surface area contributed by atoms with E-state index in [1.807, 2.05) is 0 Å². The van der Waals surface area contributed by atoms with E-state index in [9.17, 15) is 15.2 Å². The van der Waals surface area contributed by atoms with E-state index < -0.39 is 4.92 Å². The SMILES string of the molecule is O=[N+]([O-])c1ccc2nc(/N=C/c3ccccc3O)sc2c1. The molecular formula is C14H9N3O3S. The molecule has 3 aromatic rings. The molecule has 2 aromatic carbocycles. The number of aliphatic imine (C=N–C) groups is 1. The van der Waals surface area contributed by atoms with E-state index in [2.05, 4.69) is 9.98 Å². The van der Waals surface area contributed by atoms with Crippen molar-refractivity contribution in [2.24, 2.45) is 4.99 Å². The summed E-state index contributed by atoms with van der Waals surface area (Å²) in [6, 6.07) is 11.3. The highest BCUT2D eigenvalue weighted by molar-refractivity contribution is 7.22. The normalized spacial score (nSPS) is 11.2. The van der Waals surface area contributed by atoms with Gasteiger partial charge >= 0.3 is 0 Å². The van der Waals surface area contributed by atoms with Crippen molar-refractivity contribution in [3.63, 3.8) is 0 Å². The molecule has 21 heavy (non-hydrogen) atoms. The van der Waals surface area contributed by atoms with E-state index in [4.69, 9.17) is 0 Å². The predicted molar refractivity (Wildman–Crippen MR) is 81.6 cm³/mol. The van der Waals surface area contributed by atoms with Crippen molar-refractivity contribution in [3.05, 3.63) is 58.1 Å². The first-order chi connectivity index (χ1) is 10.1. The molecule has 0 aliphatic heterocycles. The first-order valence-corrected chi connectivity index (χ1v) is 6.82. The number of thiazole rings is 1. The fourth-order valence-electron chi connectivity index (χ4n) is 1.79. The van der Waals surface area contributed by atoms with Crippen LogP contribution in [0.15, 0.2) is 47.5 Å². The van der Waals surface area contributed by atoms with Crippen molar-refractivity contribution in [1.29, 1.82) is 0 Å². The van der Waals surface area contributed by atoms with E-state index in [1.54, 1.807) is 30.3 Å². The van der Waals surface area contributed by atoms with Gasteiger partial charge in [-0.15, -0.1) is 0 Å². The number of fused-ring (bicyclic) bond motifs is 1. The zero-order valence-electron chi connectivity index (χ0n) is 10.6. The molecule has 0 unspecified atom stereocenters. The topological polar surface area (TPSA) is 88.6 Å². The minimum atomic E-state index is -0.440. The number of nitro groups is 1. The smallest absolute Gasteiger partial charge is 0.270 e. The Kier molecular flexibility index (Phi) is 3.33. The maximum absolute atomic E-state index is 10.7. The number of hydrogen-bond acceptors (Lipinski definition) is 6. The van der Waals surface area contributed by atoms with Gasteiger partial charge in [-0.25, -0.2) is 9.98 Å². The van der Waals surface area contributed by atoms with Crippen LogP contribution < -0.4 is 0 Å². The number of phenols is 1. The maximum Gasteiger partial charge on any atom is 0.270 e. The van der Waals surface area contributed by atoms with Gasteiger partial charge in [-0.1, -0.05) is 23.5 Å². The molecule has 104 valence electrons. The monoisotopic (exact) mass is 299 g/mol. The first kappa shape index (κ1) is 13.2. The summed E-state index contributed by atoms with van der Waals surface area (Å²) < 4.78 is 0.702. The van der Waals surface area contributed by atoms with Crippen molar-refractivity contribution in [1.82, 2.24) is 4.98 Å². The van der Waals surface area contributed by atoms with Gasteiger partial charge in [-0.3, -0.25) is 10.1 Å². The number of aromatic hydroxyl groups is 1. The largest absolute Gasteiger partial charge is 0.507 e. The number of para-hydroxylation sites is 1. The molecule has 0 amide bonds. The van der Waals surface area contributed by atoms with E-state index in [-0.39, 0.29) is 11.4 Å². The Balaban J connectivity index is 1.95. The van der Waals surface area contributed by atoms with Crippen LogP contribution in [0, 0.1) is 10.1 Å². The average Bonchev–Trinajstić information content (AvgIpc) is 2.88. The molecule has 0 aliphatic carbocycles. The van der Waals surface area contributed by atoms with Crippen molar-refractivity contribution in [2.75, 3.05) is 0 Å². The Bertz CT molecular complexity index is 858. The van der Waals surface area contributed by atoms with Gasteiger partial charge in [0.25, 0.3) is 5.69 Å². The minimum Gasteiger partial charge on any atom is -0.507 e. The zero-order chi connectivity index (χ0) is 14.8. The molecule has 0 fully saturated rings. The van der Waals surface area contributed by atoms with Crippen LogP contribution in [0.4, 0.5) is 10.8 Å². The van der Waals surface area contributed by atoms with Gasteiger partial charge in [0.15, 0.2) is 0 Å². The van der Waals surface area contributed by atoms with Crippen LogP contribution in [0.3, 0.4) is 0 Å². The summed E-state index contributed by atoms with van der Waals surface area (Å²) in [5, 5.41) is 20.9. The Hall–Kier alpha value is -2.80. The molecule has 0 radical (unpaired) electrons. The lowest BCUT2D eigenvalue weighted by Gasteiger charge is -1.95. The summed E-state index contributed by atoms with van der Waals surface area (Å²) in [7, 11) is 0. The van der Waals surface area contributed by atoms with Gasteiger partial charge in [-0.05, 0) is 18.2 Å². The molecule has 1 N–H and O–H groups in total. The van der Waals surface area contributed by atoms with Crippen LogP contribution in [0.1, 0.15) is 5.56 Å². The van der Waals surface area contributed by atoms with Crippen molar-refractivity contribution in [3.8, 4) is 5.75 Å². The van der Waals surface area contributed by atoms with Crippen LogP contribution in [0.5, 0.6) is 5.75 Å². The standard InChI is InChI=1S/C14H9N3O3S/c18-12-4-2-1-3-9(12)8-15-14-16-11-6-5-10(17(19)20)7-13(11)21-14/h1-8,18H/b15-8+. The number of rotatable bonds is 3. The van der Waals surface area contributed by atoms with Gasteiger partial charge < -0.3 is 5.11 Å². The van der Waals surface area contributed by atoms with Gasteiger partial charge in [0, 0.05) is 23.9 Å². The number of benzene rings is 2. The van der Waals surface area contributed by atoms with E-state index in [1.165, 1.54) is 29.7 Å². The molecule has 6 nitrogen and oxygen atoms in total. The Morgan fingerprint density at radius 1 is 1.29 bits per heavy atom. The molecule has 0 atom stereocenters. The lowest BCUT2D eigenvalue weighted by molar-refractivity contribution is -0.384. The van der Waals surface area contributed by atoms with E-state index in [0.717, 1.165) is 0 Å². The van der Waals surface area contributed by atoms with Crippen LogP contribution >= 0.6 is 11.3 Å². The van der Waals surface area contributed by atoms with Crippen molar-refractivity contribution < 1.29 is 10.0 Å². The highest BCUT2D eigenvalue weighted by atomic mass is 32.1. The number of non-ortho nitro benzene ring substituents is 1.